The van der Waals surface area contributed by atoms with E-state index in [0.29, 0.717) is 6.61 Å². The van der Waals surface area contributed by atoms with Crippen LogP contribution in [0.5, 0.6) is 0 Å². The first-order chi connectivity index (χ1) is 8.39. The zero-order valence-corrected chi connectivity index (χ0v) is 10.6. The second kappa shape index (κ2) is 6.70. The normalized spacial score (nSPS) is 23.1. The lowest BCUT2D eigenvalue weighted by Gasteiger charge is -2.24. The molecular weight excluding hydrogens is 238 g/mol. The van der Waals surface area contributed by atoms with Crippen molar-refractivity contribution >= 4 is 11.9 Å². The summed E-state index contributed by atoms with van der Waals surface area (Å²) in [5, 5.41) is 20.8. The third-order valence-electron chi connectivity index (χ3n) is 2.89. The number of carboxylic acid groups (broad SMARTS) is 1. The van der Waals surface area contributed by atoms with Gasteiger partial charge in [-0.3, -0.25) is 9.59 Å². The molecule has 0 aromatic heterocycles. The molecule has 1 amide bonds. The molecule has 0 aromatic rings. The van der Waals surface area contributed by atoms with Crippen LogP contribution in [0, 0.1) is 0 Å². The Kier molecular flexibility index (Phi) is 5.55. The Bertz CT molecular complexity index is 297. The minimum atomic E-state index is -1.42. The van der Waals surface area contributed by atoms with E-state index in [1.807, 2.05) is 0 Å². The summed E-state index contributed by atoms with van der Waals surface area (Å²) in [5.41, 5.74) is -1.42. The summed E-state index contributed by atoms with van der Waals surface area (Å²) in [6, 6.07) is 0. The fourth-order valence-corrected chi connectivity index (χ4v) is 1.92. The summed E-state index contributed by atoms with van der Waals surface area (Å²) < 4.78 is 5.43. The zero-order valence-electron chi connectivity index (χ0n) is 10.6. The number of aliphatic carboxylic acids is 1. The highest BCUT2D eigenvalue weighted by atomic mass is 16.5. The SMILES string of the molecule is CC(O)(CNC(=O)CC1CCCCO1)CC(=O)O. The van der Waals surface area contributed by atoms with Crippen molar-refractivity contribution in [3.63, 3.8) is 0 Å². The molecule has 1 heterocycles. The third-order valence-corrected chi connectivity index (χ3v) is 2.89. The van der Waals surface area contributed by atoms with Crippen molar-refractivity contribution in [1.29, 1.82) is 0 Å². The Hall–Kier alpha value is -1.14. The van der Waals surface area contributed by atoms with Gasteiger partial charge in [0.05, 0.1) is 24.5 Å². The van der Waals surface area contributed by atoms with Gasteiger partial charge in [0.1, 0.15) is 0 Å². The summed E-state index contributed by atoms with van der Waals surface area (Å²) in [5.74, 6) is -1.31. The Labute approximate surface area is 106 Å². The number of ether oxygens (including phenoxy) is 1. The van der Waals surface area contributed by atoms with Crippen LogP contribution < -0.4 is 5.32 Å². The Balaban J connectivity index is 2.25. The average Bonchev–Trinajstić information content (AvgIpc) is 2.26. The largest absolute Gasteiger partial charge is 0.481 e. The molecule has 18 heavy (non-hydrogen) atoms. The minimum absolute atomic E-state index is 0.0526. The number of nitrogens with one attached hydrogen (secondary N) is 1. The van der Waals surface area contributed by atoms with Gasteiger partial charge in [0.2, 0.25) is 5.91 Å². The molecule has 0 bridgehead atoms. The van der Waals surface area contributed by atoms with E-state index >= 15 is 0 Å². The molecule has 104 valence electrons. The molecule has 1 rings (SSSR count). The quantitative estimate of drug-likeness (QED) is 0.637. The molecule has 2 unspecified atom stereocenters. The monoisotopic (exact) mass is 259 g/mol. The highest BCUT2D eigenvalue weighted by molar-refractivity contribution is 5.76. The van der Waals surface area contributed by atoms with Gasteiger partial charge in [-0.15, -0.1) is 0 Å². The van der Waals surface area contributed by atoms with E-state index in [1.165, 1.54) is 6.92 Å². The number of hydrogen-bond donors (Lipinski definition) is 3. The van der Waals surface area contributed by atoms with Crippen LogP contribution in [0.15, 0.2) is 0 Å². The van der Waals surface area contributed by atoms with E-state index in [-0.39, 0.29) is 25.0 Å². The van der Waals surface area contributed by atoms with Gasteiger partial charge in [-0.2, -0.15) is 0 Å². The molecule has 1 aliphatic rings. The number of carboxylic acids is 1. The summed E-state index contributed by atoms with van der Waals surface area (Å²) in [6.07, 6.45) is 2.79. The molecule has 6 heteroatoms. The fourth-order valence-electron chi connectivity index (χ4n) is 1.92. The van der Waals surface area contributed by atoms with E-state index in [0.717, 1.165) is 19.3 Å². The maximum Gasteiger partial charge on any atom is 0.306 e. The summed E-state index contributed by atoms with van der Waals surface area (Å²) in [6.45, 7) is 2.01. The molecule has 0 spiro atoms. The van der Waals surface area contributed by atoms with Crippen LogP contribution in [0.25, 0.3) is 0 Å². The third kappa shape index (κ3) is 5.97. The maximum atomic E-state index is 11.6. The van der Waals surface area contributed by atoms with Crippen molar-refractivity contribution < 1.29 is 24.5 Å². The molecule has 3 N–H and O–H groups in total. The van der Waals surface area contributed by atoms with Crippen molar-refractivity contribution in [2.45, 2.75) is 50.7 Å². The van der Waals surface area contributed by atoms with Gasteiger partial charge < -0.3 is 20.3 Å². The molecule has 0 saturated carbocycles. The van der Waals surface area contributed by atoms with E-state index in [9.17, 15) is 14.7 Å². The topological polar surface area (TPSA) is 95.9 Å². The van der Waals surface area contributed by atoms with Crippen LogP contribution in [0.2, 0.25) is 0 Å². The predicted octanol–water partition coefficient (Wildman–Crippen LogP) is 0.287. The van der Waals surface area contributed by atoms with Gasteiger partial charge in [0.25, 0.3) is 0 Å². The maximum absolute atomic E-state index is 11.6. The van der Waals surface area contributed by atoms with Crippen molar-refractivity contribution in [3.8, 4) is 0 Å². The second-order valence-electron chi connectivity index (χ2n) is 5.04. The standard InChI is InChI=1S/C12H21NO5/c1-12(17,7-11(15)16)8-13-10(14)6-9-4-2-3-5-18-9/h9,17H,2-8H2,1H3,(H,13,14)(H,15,16). The summed E-state index contributed by atoms with van der Waals surface area (Å²) in [7, 11) is 0. The van der Waals surface area contributed by atoms with Gasteiger partial charge in [0, 0.05) is 13.2 Å². The van der Waals surface area contributed by atoms with Crippen molar-refractivity contribution in [2.75, 3.05) is 13.2 Å². The fraction of sp³-hybridized carbons (Fsp3) is 0.833. The van der Waals surface area contributed by atoms with Gasteiger partial charge in [-0.1, -0.05) is 0 Å². The molecule has 1 saturated heterocycles. The lowest BCUT2D eigenvalue weighted by atomic mass is 10.0. The summed E-state index contributed by atoms with van der Waals surface area (Å²) >= 11 is 0. The smallest absolute Gasteiger partial charge is 0.306 e. The first-order valence-corrected chi connectivity index (χ1v) is 6.21. The van der Waals surface area contributed by atoms with E-state index in [2.05, 4.69) is 5.32 Å². The number of hydrogen-bond acceptors (Lipinski definition) is 4. The van der Waals surface area contributed by atoms with Crippen LogP contribution in [0.3, 0.4) is 0 Å². The molecule has 1 fully saturated rings. The number of carbonyl (C=O) groups is 2. The predicted molar refractivity (Wildman–Crippen MR) is 64.1 cm³/mol. The van der Waals surface area contributed by atoms with Crippen molar-refractivity contribution in [2.24, 2.45) is 0 Å². The molecule has 0 radical (unpaired) electrons. The summed E-state index contributed by atoms with van der Waals surface area (Å²) in [4.78, 5) is 22.1. The molecule has 0 aliphatic carbocycles. The first-order valence-electron chi connectivity index (χ1n) is 6.21. The van der Waals surface area contributed by atoms with Gasteiger partial charge in [-0.05, 0) is 26.2 Å². The molecule has 0 aromatic carbocycles. The second-order valence-corrected chi connectivity index (χ2v) is 5.04. The van der Waals surface area contributed by atoms with Crippen LogP contribution >= 0.6 is 0 Å². The molecule has 6 nitrogen and oxygen atoms in total. The van der Waals surface area contributed by atoms with Crippen molar-refractivity contribution in [3.05, 3.63) is 0 Å². The Morgan fingerprint density at radius 1 is 1.44 bits per heavy atom. The first kappa shape index (κ1) is 14.9. The minimum Gasteiger partial charge on any atom is -0.481 e. The average molecular weight is 259 g/mol. The number of rotatable bonds is 6. The van der Waals surface area contributed by atoms with E-state index in [4.69, 9.17) is 9.84 Å². The Morgan fingerprint density at radius 3 is 2.72 bits per heavy atom. The lowest BCUT2D eigenvalue weighted by Crippen LogP contribution is -2.43. The Morgan fingerprint density at radius 2 is 2.17 bits per heavy atom. The highest BCUT2D eigenvalue weighted by Gasteiger charge is 2.25. The number of carbonyl (C=O) groups excluding carboxylic acids is 1. The molecule has 2 atom stereocenters. The molecular formula is C12H21NO5. The van der Waals surface area contributed by atoms with E-state index in [1.54, 1.807) is 0 Å². The molecule has 1 aliphatic heterocycles. The van der Waals surface area contributed by atoms with Crippen LogP contribution in [-0.2, 0) is 14.3 Å². The zero-order chi connectivity index (χ0) is 13.6. The van der Waals surface area contributed by atoms with Gasteiger partial charge in [0.15, 0.2) is 0 Å². The van der Waals surface area contributed by atoms with Crippen LogP contribution in [-0.4, -0.2) is 46.9 Å². The van der Waals surface area contributed by atoms with Gasteiger partial charge in [-0.25, -0.2) is 0 Å². The van der Waals surface area contributed by atoms with Crippen LogP contribution in [0.4, 0.5) is 0 Å². The van der Waals surface area contributed by atoms with Crippen molar-refractivity contribution in [1.82, 2.24) is 5.32 Å². The lowest BCUT2D eigenvalue weighted by molar-refractivity contribution is -0.142. The number of aliphatic hydroxyl groups is 1. The van der Waals surface area contributed by atoms with Crippen LogP contribution in [0.1, 0.15) is 39.0 Å². The number of amides is 1. The van der Waals surface area contributed by atoms with Gasteiger partial charge >= 0.3 is 5.97 Å². The highest BCUT2D eigenvalue weighted by Crippen LogP contribution is 2.15. The van der Waals surface area contributed by atoms with E-state index < -0.39 is 18.0 Å².